The Morgan fingerprint density at radius 1 is 1.17 bits per heavy atom. The van der Waals surface area contributed by atoms with Crippen LogP contribution >= 0.6 is 11.6 Å². The number of carbonyl (C=O) groups is 1. The summed E-state index contributed by atoms with van der Waals surface area (Å²) < 4.78 is 26.8. The maximum atomic E-state index is 15.2. The average Bonchev–Trinajstić information content (AvgIpc) is 3.25. The lowest BCUT2D eigenvalue weighted by molar-refractivity contribution is 0.0607. The quantitative estimate of drug-likeness (QED) is 0.592. The zero-order valence-electron chi connectivity index (χ0n) is 19.2. The maximum absolute atomic E-state index is 15.2. The third kappa shape index (κ3) is 3.51. The number of carbonyl (C=O) groups excluding carboxylic acids is 1. The third-order valence-electron chi connectivity index (χ3n) is 6.90. The Kier molecular flexibility index (Phi) is 5.50. The molecule has 0 radical (unpaired) electrons. The van der Waals surface area contributed by atoms with E-state index in [1.807, 2.05) is 28.0 Å². The number of nitrogens with zero attached hydrogens (tertiary/aromatic N) is 3. The highest BCUT2D eigenvalue weighted by atomic mass is 35.5. The van der Waals surface area contributed by atoms with E-state index in [9.17, 15) is 4.79 Å². The highest BCUT2D eigenvalue weighted by Crippen LogP contribution is 2.48. The van der Waals surface area contributed by atoms with Gasteiger partial charge in [0.1, 0.15) is 34.5 Å². The highest BCUT2D eigenvalue weighted by molar-refractivity contribution is 6.35. The van der Waals surface area contributed by atoms with E-state index in [1.54, 1.807) is 12.1 Å². The molecule has 3 aromatic rings. The first kappa shape index (κ1) is 22.1. The molecule has 9 heteroatoms. The summed E-state index contributed by atoms with van der Waals surface area (Å²) in [5, 5.41) is 3.42. The van der Waals surface area contributed by atoms with E-state index in [0.717, 1.165) is 17.7 Å². The van der Waals surface area contributed by atoms with Crippen molar-refractivity contribution in [3.05, 3.63) is 64.4 Å². The van der Waals surface area contributed by atoms with Crippen LogP contribution in [0.25, 0.3) is 11.3 Å². The molecule has 3 aliphatic rings. The van der Waals surface area contributed by atoms with Crippen LogP contribution in [0.5, 0.6) is 11.5 Å². The van der Waals surface area contributed by atoms with Crippen molar-refractivity contribution in [2.45, 2.75) is 12.5 Å². The van der Waals surface area contributed by atoms with Gasteiger partial charge in [-0.1, -0.05) is 35.9 Å². The molecule has 1 N–H and O–H groups in total. The summed E-state index contributed by atoms with van der Waals surface area (Å²) in [4.78, 5) is 22.6. The Morgan fingerprint density at radius 2 is 2.03 bits per heavy atom. The number of piperazine rings is 1. The number of fused-ring (bicyclic) bond motifs is 3. The summed E-state index contributed by atoms with van der Waals surface area (Å²) >= 11 is 6.86. The van der Waals surface area contributed by atoms with Crippen LogP contribution in [0.3, 0.4) is 0 Å². The molecule has 2 aromatic carbocycles. The van der Waals surface area contributed by atoms with Crippen LogP contribution in [0.15, 0.2) is 42.5 Å². The Labute approximate surface area is 207 Å². The standard InChI is InChI=1S/C26H24ClFN4O3/c1-34-19-8-4-6-17(28)20(19)23-22(27)24-21(26(33)31-12-10-29-13-16(31)14-35-24)25(30-23)32-11-9-15-5-2-3-7-18(15)32/h2-8,16,29H,9-14H2,1H3. The lowest BCUT2D eigenvalue weighted by Crippen LogP contribution is -2.55. The van der Waals surface area contributed by atoms with Gasteiger partial charge in [-0.15, -0.1) is 0 Å². The molecule has 7 nitrogen and oxygen atoms in total. The first-order valence-electron chi connectivity index (χ1n) is 11.6. The minimum absolute atomic E-state index is 0.0980. The molecule has 1 amide bonds. The van der Waals surface area contributed by atoms with Crippen molar-refractivity contribution < 1.29 is 18.7 Å². The number of rotatable bonds is 3. The van der Waals surface area contributed by atoms with Gasteiger partial charge >= 0.3 is 0 Å². The molecule has 0 saturated carbocycles. The van der Waals surface area contributed by atoms with Crippen molar-refractivity contribution in [3.63, 3.8) is 0 Å². The lowest BCUT2D eigenvalue weighted by Gasteiger charge is -2.34. The molecule has 1 atom stereocenters. The van der Waals surface area contributed by atoms with Crippen LogP contribution in [-0.2, 0) is 6.42 Å². The Hall–Kier alpha value is -3.36. The second-order valence-electron chi connectivity index (χ2n) is 8.82. The van der Waals surface area contributed by atoms with Crippen LogP contribution in [0.1, 0.15) is 15.9 Å². The van der Waals surface area contributed by atoms with Gasteiger partial charge in [-0.25, -0.2) is 9.37 Å². The largest absolute Gasteiger partial charge is 0.496 e. The number of aromatic nitrogens is 1. The molecule has 35 heavy (non-hydrogen) atoms. The summed E-state index contributed by atoms with van der Waals surface area (Å²) in [7, 11) is 1.47. The van der Waals surface area contributed by atoms with E-state index >= 15 is 4.39 Å². The Morgan fingerprint density at radius 3 is 2.89 bits per heavy atom. The zero-order chi connectivity index (χ0) is 24.1. The third-order valence-corrected chi connectivity index (χ3v) is 7.25. The minimum Gasteiger partial charge on any atom is -0.496 e. The predicted molar refractivity (Wildman–Crippen MR) is 132 cm³/mol. The first-order chi connectivity index (χ1) is 17.1. The van der Waals surface area contributed by atoms with Crippen molar-refractivity contribution in [1.29, 1.82) is 0 Å². The number of methoxy groups -OCH3 is 1. The summed E-state index contributed by atoms with van der Waals surface area (Å²) in [6, 6.07) is 12.4. The zero-order valence-corrected chi connectivity index (χ0v) is 19.9. The first-order valence-corrected chi connectivity index (χ1v) is 12.0. The van der Waals surface area contributed by atoms with Crippen LogP contribution in [0.2, 0.25) is 5.02 Å². The van der Waals surface area contributed by atoms with E-state index in [4.69, 9.17) is 26.1 Å². The van der Waals surface area contributed by atoms with Crippen LogP contribution < -0.4 is 19.7 Å². The molecule has 1 saturated heterocycles. The van der Waals surface area contributed by atoms with Gasteiger partial charge in [-0.2, -0.15) is 0 Å². The molecule has 1 aromatic heterocycles. The van der Waals surface area contributed by atoms with Crippen molar-refractivity contribution >= 4 is 29.0 Å². The smallest absolute Gasteiger partial charge is 0.261 e. The minimum atomic E-state index is -0.520. The molecule has 0 bridgehead atoms. The molecule has 1 fully saturated rings. The fraction of sp³-hybridized carbons (Fsp3) is 0.308. The van der Waals surface area contributed by atoms with E-state index in [-0.39, 0.29) is 40.6 Å². The highest BCUT2D eigenvalue weighted by Gasteiger charge is 2.39. The average molecular weight is 495 g/mol. The fourth-order valence-corrected chi connectivity index (χ4v) is 5.47. The van der Waals surface area contributed by atoms with Crippen molar-refractivity contribution in [3.8, 4) is 22.8 Å². The number of anilines is 2. The van der Waals surface area contributed by atoms with Gasteiger partial charge in [0.25, 0.3) is 5.91 Å². The van der Waals surface area contributed by atoms with E-state index in [2.05, 4.69) is 11.4 Å². The maximum Gasteiger partial charge on any atom is 0.261 e. The topological polar surface area (TPSA) is 66.9 Å². The number of hydrogen-bond donors (Lipinski definition) is 1. The van der Waals surface area contributed by atoms with E-state index in [1.165, 1.54) is 13.2 Å². The molecular weight excluding hydrogens is 471 g/mol. The number of pyridine rings is 1. The normalized spacial score (nSPS) is 18.9. The number of benzene rings is 2. The summed E-state index contributed by atoms with van der Waals surface area (Å²) in [6.07, 6.45) is 0.804. The summed E-state index contributed by atoms with van der Waals surface area (Å²) in [6.45, 7) is 2.79. The molecule has 3 aliphatic heterocycles. The van der Waals surface area contributed by atoms with Crippen molar-refractivity contribution in [2.75, 3.05) is 44.8 Å². The summed E-state index contributed by atoms with van der Waals surface area (Å²) in [5.41, 5.74) is 2.76. The number of nitrogens with one attached hydrogen (secondary N) is 1. The van der Waals surface area contributed by atoms with Crippen molar-refractivity contribution in [1.82, 2.24) is 15.2 Å². The van der Waals surface area contributed by atoms with Crippen LogP contribution in [-0.4, -0.2) is 61.7 Å². The number of amides is 1. The van der Waals surface area contributed by atoms with Gasteiger partial charge in [-0.05, 0) is 30.2 Å². The SMILES string of the molecule is COc1cccc(F)c1-c1nc(N2CCc3ccccc32)c2c(c1Cl)OCC1CNCCN1C2=O. The molecular formula is C26H24ClFN4O3. The second kappa shape index (κ2) is 8.70. The van der Waals surface area contributed by atoms with Crippen molar-refractivity contribution in [2.24, 2.45) is 0 Å². The Balaban J connectivity index is 1.62. The van der Waals surface area contributed by atoms with Gasteiger partial charge in [0.05, 0.1) is 18.7 Å². The molecule has 180 valence electrons. The van der Waals surface area contributed by atoms with Gasteiger partial charge in [0.2, 0.25) is 0 Å². The molecule has 4 heterocycles. The van der Waals surface area contributed by atoms with Gasteiger partial charge in [0, 0.05) is 31.9 Å². The fourth-order valence-electron chi connectivity index (χ4n) is 5.18. The molecule has 1 unspecified atom stereocenters. The van der Waals surface area contributed by atoms with E-state index < -0.39 is 5.82 Å². The van der Waals surface area contributed by atoms with Crippen LogP contribution in [0.4, 0.5) is 15.9 Å². The number of ether oxygens (including phenoxy) is 2. The molecule has 6 rings (SSSR count). The number of para-hydroxylation sites is 1. The van der Waals surface area contributed by atoms with Crippen LogP contribution in [0, 0.1) is 5.82 Å². The number of hydrogen-bond acceptors (Lipinski definition) is 6. The van der Waals surface area contributed by atoms with E-state index in [0.29, 0.717) is 43.3 Å². The van der Waals surface area contributed by atoms with Gasteiger partial charge < -0.3 is 24.6 Å². The monoisotopic (exact) mass is 494 g/mol. The van der Waals surface area contributed by atoms with Gasteiger partial charge in [0.15, 0.2) is 11.6 Å². The summed E-state index contributed by atoms with van der Waals surface area (Å²) in [5.74, 6) is 0.256. The molecule has 0 spiro atoms. The Bertz CT molecular complexity index is 1330. The molecule has 0 aliphatic carbocycles. The lowest BCUT2D eigenvalue weighted by atomic mass is 10.1. The number of halogens is 2. The second-order valence-corrected chi connectivity index (χ2v) is 9.20. The predicted octanol–water partition coefficient (Wildman–Crippen LogP) is 4.05. The van der Waals surface area contributed by atoms with Gasteiger partial charge in [-0.3, -0.25) is 4.79 Å².